The van der Waals surface area contributed by atoms with Gasteiger partial charge in [0.05, 0.1) is 10.9 Å². The summed E-state index contributed by atoms with van der Waals surface area (Å²) >= 11 is 0. The quantitative estimate of drug-likeness (QED) is 0.862. The molecule has 0 saturated carbocycles. The summed E-state index contributed by atoms with van der Waals surface area (Å²) in [5, 5.41) is 0. The van der Waals surface area contributed by atoms with E-state index in [4.69, 9.17) is 5.73 Å². The van der Waals surface area contributed by atoms with E-state index in [1.807, 2.05) is 20.8 Å². The van der Waals surface area contributed by atoms with Crippen LogP contribution in [0, 0.1) is 5.41 Å². The predicted molar refractivity (Wildman–Crippen MR) is 86.2 cm³/mol. The van der Waals surface area contributed by atoms with Crippen molar-refractivity contribution in [2.24, 2.45) is 11.1 Å². The predicted octanol–water partition coefficient (Wildman–Crippen LogP) is 0.857. The first-order valence-electron chi connectivity index (χ1n) is 7.21. The van der Waals surface area contributed by atoms with E-state index in [-0.39, 0.29) is 16.2 Å². The summed E-state index contributed by atoms with van der Waals surface area (Å²) < 4.78 is 26.1. The zero-order valence-corrected chi connectivity index (χ0v) is 14.2. The summed E-state index contributed by atoms with van der Waals surface area (Å²) in [5.74, 6) is -0.176. The Morgan fingerprint density at radius 2 is 2.00 bits per heavy atom. The lowest BCUT2D eigenvalue weighted by molar-refractivity contribution is -0.121. The van der Waals surface area contributed by atoms with Gasteiger partial charge in [-0.2, -0.15) is 0 Å². The second kappa shape index (κ2) is 5.64. The third-order valence-corrected chi connectivity index (χ3v) is 5.41. The summed E-state index contributed by atoms with van der Waals surface area (Å²) in [6.45, 7) is 6.26. The molecular formula is C15H23N3O3S. The molecule has 0 aliphatic carbocycles. The van der Waals surface area contributed by atoms with Gasteiger partial charge in [0, 0.05) is 12.2 Å². The number of nitrogens with two attached hydrogens (primary N) is 1. The van der Waals surface area contributed by atoms with Gasteiger partial charge in [-0.1, -0.05) is 26.8 Å². The van der Waals surface area contributed by atoms with Gasteiger partial charge in [-0.25, -0.2) is 13.1 Å². The summed E-state index contributed by atoms with van der Waals surface area (Å²) in [5.41, 5.74) is 7.31. The van der Waals surface area contributed by atoms with Crippen LogP contribution in [0.15, 0.2) is 23.1 Å². The lowest BCUT2D eigenvalue weighted by Gasteiger charge is -2.30. The zero-order chi connectivity index (χ0) is 16.7. The van der Waals surface area contributed by atoms with E-state index in [0.717, 1.165) is 5.56 Å². The van der Waals surface area contributed by atoms with Gasteiger partial charge in [-0.15, -0.1) is 0 Å². The lowest BCUT2D eigenvalue weighted by atomic mass is 9.86. The van der Waals surface area contributed by atoms with Gasteiger partial charge in [0.2, 0.25) is 15.9 Å². The smallest absolute Gasteiger partial charge is 0.244 e. The number of nitrogens with one attached hydrogen (secondary N) is 1. The van der Waals surface area contributed by atoms with Crippen LogP contribution in [0.25, 0.3) is 0 Å². The van der Waals surface area contributed by atoms with Gasteiger partial charge in [-0.3, -0.25) is 4.79 Å². The molecule has 1 aromatic carbocycles. The number of hydrogen-bond acceptors (Lipinski definition) is 4. The van der Waals surface area contributed by atoms with Gasteiger partial charge >= 0.3 is 0 Å². The SMILES string of the molecule is CNS(=O)(=O)c1ccc2c(c1)N(C(=O)[C@@H](N)C(C)(C)C)CC2. The van der Waals surface area contributed by atoms with Crippen molar-refractivity contribution < 1.29 is 13.2 Å². The van der Waals surface area contributed by atoms with Crippen LogP contribution in [0.2, 0.25) is 0 Å². The van der Waals surface area contributed by atoms with E-state index in [9.17, 15) is 13.2 Å². The molecule has 1 amide bonds. The van der Waals surface area contributed by atoms with Crippen molar-refractivity contribution >= 4 is 21.6 Å². The van der Waals surface area contributed by atoms with Crippen LogP contribution in [0.1, 0.15) is 26.3 Å². The average molecular weight is 325 g/mol. The molecule has 0 fully saturated rings. The van der Waals surface area contributed by atoms with Crippen molar-refractivity contribution in [2.75, 3.05) is 18.5 Å². The topological polar surface area (TPSA) is 92.5 Å². The number of rotatable bonds is 3. The van der Waals surface area contributed by atoms with Crippen molar-refractivity contribution in [3.63, 3.8) is 0 Å². The molecule has 1 atom stereocenters. The number of hydrogen-bond donors (Lipinski definition) is 2. The van der Waals surface area contributed by atoms with E-state index in [2.05, 4.69) is 4.72 Å². The second-order valence-corrected chi connectivity index (χ2v) is 8.47. The Morgan fingerprint density at radius 3 is 2.55 bits per heavy atom. The average Bonchev–Trinajstić information content (AvgIpc) is 2.87. The minimum absolute atomic E-state index is 0.151. The number of fused-ring (bicyclic) bond motifs is 1. The van der Waals surface area contributed by atoms with Crippen LogP contribution >= 0.6 is 0 Å². The Balaban J connectivity index is 2.40. The standard InChI is InChI=1S/C15H23N3O3S/c1-15(2,3)13(16)14(19)18-8-7-10-5-6-11(9-12(10)18)22(20,21)17-4/h5-6,9,13,17H,7-8,16H2,1-4H3/t13-/m1/s1. The molecule has 1 heterocycles. The van der Waals surface area contributed by atoms with Crippen molar-refractivity contribution in [1.82, 2.24) is 4.72 Å². The monoisotopic (exact) mass is 325 g/mol. The number of amides is 1. The first-order valence-corrected chi connectivity index (χ1v) is 8.69. The molecule has 1 aromatic rings. The molecule has 1 aliphatic rings. The Kier molecular flexibility index (Phi) is 4.34. The highest BCUT2D eigenvalue weighted by molar-refractivity contribution is 7.89. The lowest BCUT2D eigenvalue weighted by Crippen LogP contribution is -2.50. The van der Waals surface area contributed by atoms with Crippen LogP contribution < -0.4 is 15.4 Å². The molecule has 0 aromatic heterocycles. The minimum atomic E-state index is -3.54. The van der Waals surface area contributed by atoms with E-state index in [0.29, 0.717) is 18.7 Å². The molecule has 0 bridgehead atoms. The van der Waals surface area contributed by atoms with Gasteiger partial charge < -0.3 is 10.6 Å². The number of carbonyl (C=O) groups excluding carboxylic acids is 1. The fraction of sp³-hybridized carbons (Fsp3) is 0.533. The highest BCUT2D eigenvalue weighted by Crippen LogP contribution is 2.32. The maximum Gasteiger partial charge on any atom is 0.244 e. The largest absolute Gasteiger partial charge is 0.319 e. The van der Waals surface area contributed by atoms with E-state index in [1.165, 1.54) is 7.05 Å². The second-order valence-electron chi connectivity index (χ2n) is 6.58. The van der Waals surface area contributed by atoms with E-state index < -0.39 is 16.1 Å². The molecule has 0 radical (unpaired) electrons. The third-order valence-electron chi connectivity index (χ3n) is 4.00. The van der Waals surface area contributed by atoms with Crippen molar-refractivity contribution in [2.45, 2.75) is 38.1 Å². The van der Waals surface area contributed by atoms with Gasteiger partial charge in [0.15, 0.2) is 0 Å². The van der Waals surface area contributed by atoms with Gasteiger partial charge in [0.1, 0.15) is 0 Å². The molecule has 2 rings (SSSR count). The van der Waals surface area contributed by atoms with Crippen LogP contribution in [0.4, 0.5) is 5.69 Å². The fourth-order valence-electron chi connectivity index (χ4n) is 2.41. The number of anilines is 1. The number of sulfonamides is 1. The van der Waals surface area contributed by atoms with Crippen molar-refractivity contribution in [3.8, 4) is 0 Å². The Bertz CT molecular complexity index is 692. The molecule has 0 saturated heterocycles. The summed E-state index contributed by atoms with van der Waals surface area (Å²) in [4.78, 5) is 14.4. The Morgan fingerprint density at radius 1 is 1.36 bits per heavy atom. The third kappa shape index (κ3) is 3.02. The Labute approximate surface area is 131 Å². The van der Waals surface area contributed by atoms with Crippen molar-refractivity contribution in [1.29, 1.82) is 0 Å². The first kappa shape index (κ1) is 16.9. The van der Waals surface area contributed by atoms with Crippen LogP contribution in [-0.2, 0) is 21.2 Å². The highest BCUT2D eigenvalue weighted by atomic mass is 32.2. The maximum atomic E-state index is 12.6. The van der Waals surface area contributed by atoms with Gasteiger partial charge in [0.25, 0.3) is 0 Å². The van der Waals surface area contributed by atoms with Gasteiger partial charge in [-0.05, 0) is 36.6 Å². The van der Waals surface area contributed by atoms with E-state index in [1.54, 1.807) is 23.1 Å². The summed E-state index contributed by atoms with van der Waals surface area (Å²) in [6.07, 6.45) is 0.706. The maximum absolute atomic E-state index is 12.6. The Hall–Kier alpha value is -1.44. The normalized spacial score (nSPS) is 16.5. The summed E-state index contributed by atoms with van der Waals surface area (Å²) in [7, 11) is -2.17. The molecule has 0 spiro atoms. The molecule has 22 heavy (non-hydrogen) atoms. The highest BCUT2D eigenvalue weighted by Gasteiger charge is 2.35. The molecule has 7 heteroatoms. The number of benzene rings is 1. The summed E-state index contributed by atoms with van der Waals surface area (Å²) in [6, 6.07) is 4.22. The van der Waals surface area contributed by atoms with Crippen LogP contribution in [0.5, 0.6) is 0 Å². The van der Waals surface area contributed by atoms with Crippen LogP contribution in [-0.4, -0.2) is 34.0 Å². The zero-order valence-electron chi connectivity index (χ0n) is 13.4. The first-order chi connectivity index (χ1) is 10.1. The molecular weight excluding hydrogens is 302 g/mol. The number of nitrogens with zero attached hydrogens (tertiary/aromatic N) is 1. The van der Waals surface area contributed by atoms with E-state index >= 15 is 0 Å². The van der Waals surface area contributed by atoms with Crippen LogP contribution in [0.3, 0.4) is 0 Å². The molecule has 3 N–H and O–H groups in total. The molecule has 6 nitrogen and oxygen atoms in total. The van der Waals surface area contributed by atoms with Crippen molar-refractivity contribution in [3.05, 3.63) is 23.8 Å². The molecule has 1 aliphatic heterocycles. The fourth-order valence-corrected chi connectivity index (χ4v) is 3.16. The minimum Gasteiger partial charge on any atom is -0.319 e. The number of carbonyl (C=O) groups is 1. The molecule has 122 valence electrons. The molecule has 0 unspecified atom stereocenters.